The number of anilines is 1. The third-order valence-electron chi connectivity index (χ3n) is 3.15. The second kappa shape index (κ2) is 8.22. The highest BCUT2D eigenvalue weighted by atomic mass is 79.9. The molecule has 0 bridgehead atoms. The first-order valence-corrected chi connectivity index (χ1v) is 8.36. The van der Waals surface area contributed by atoms with Crippen molar-refractivity contribution in [1.82, 2.24) is 0 Å². The van der Waals surface area contributed by atoms with Crippen LogP contribution in [-0.2, 0) is 6.54 Å². The third-order valence-corrected chi connectivity index (χ3v) is 4.10. The zero-order valence-electron chi connectivity index (χ0n) is 12.6. The van der Waals surface area contributed by atoms with Gasteiger partial charge in [-0.05, 0) is 58.2 Å². The maximum atomic E-state index is 11.1. The van der Waals surface area contributed by atoms with Crippen LogP contribution in [0.1, 0.15) is 29.3 Å². The van der Waals surface area contributed by atoms with E-state index in [0.717, 1.165) is 22.2 Å². The van der Waals surface area contributed by atoms with Crippen LogP contribution in [0.4, 0.5) is 5.69 Å². The van der Waals surface area contributed by atoms with Gasteiger partial charge in [-0.2, -0.15) is 0 Å². The maximum absolute atomic E-state index is 11.1. The van der Waals surface area contributed by atoms with Crippen LogP contribution in [0.15, 0.2) is 40.9 Å². The van der Waals surface area contributed by atoms with Crippen molar-refractivity contribution in [1.29, 1.82) is 0 Å². The molecule has 0 saturated carbocycles. The van der Waals surface area contributed by atoms with Gasteiger partial charge in [0.1, 0.15) is 5.75 Å². The van der Waals surface area contributed by atoms with Crippen LogP contribution in [0.3, 0.4) is 0 Å². The Bertz CT molecular complexity index is 706. The molecule has 0 radical (unpaired) electrons. The summed E-state index contributed by atoms with van der Waals surface area (Å²) < 4.78 is 6.51. The third kappa shape index (κ3) is 4.88. The van der Waals surface area contributed by atoms with Gasteiger partial charge in [0.2, 0.25) is 0 Å². The van der Waals surface area contributed by atoms with Crippen molar-refractivity contribution in [2.45, 2.75) is 19.9 Å². The second-order valence-corrected chi connectivity index (χ2v) is 6.23. The number of rotatable bonds is 7. The van der Waals surface area contributed by atoms with E-state index in [1.807, 2.05) is 18.2 Å². The number of carboxylic acid groups (broad SMARTS) is 1. The number of carbonyl (C=O) groups is 1. The highest BCUT2D eigenvalue weighted by Crippen LogP contribution is 2.27. The molecule has 0 aliphatic heterocycles. The van der Waals surface area contributed by atoms with Crippen molar-refractivity contribution in [2.75, 3.05) is 11.9 Å². The summed E-state index contributed by atoms with van der Waals surface area (Å²) in [7, 11) is 0. The minimum atomic E-state index is -1.04. The lowest BCUT2D eigenvalue weighted by atomic mass is 10.1. The molecule has 0 aliphatic carbocycles. The molecule has 2 aromatic rings. The molecule has 4 nitrogen and oxygen atoms in total. The van der Waals surface area contributed by atoms with E-state index in [0.29, 0.717) is 18.8 Å². The monoisotopic (exact) mass is 397 g/mol. The highest BCUT2D eigenvalue weighted by molar-refractivity contribution is 9.10. The molecule has 2 aromatic carbocycles. The van der Waals surface area contributed by atoms with Gasteiger partial charge < -0.3 is 15.2 Å². The number of ether oxygens (including phenoxy) is 1. The largest absolute Gasteiger partial charge is 0.492 e. The van der Waals surface area contributed by atoms with Crippen LogP contribution in [0.25, 0.3) is 0 Å². The molecule has 122 valence electrons. The molecule has 0 aliphatic rings. The molecule has 0 fully saturated rings. The fourth-order valence-corrected chi connectivity index (χ4v) is 2.73. The van der Waals surface area contributed by atoms with Gasteiger partial charge >= 0.3 is 5.97 Å². The van der Waals surface area contributed by atoms with E-state index in [4.69, 9.17) is 21.4 Å². The van der Waals surface area contributed by atoms with Gasteiger partial charge in [-0.1, -0.05) is 24.6 Å². The zero-order chi connectivity index (χ0) is 16.8. The van der Waals surface area contributed by atoms with Crippen molar-refractivity contribution in [3.05, 3.63) is 57.0 Å². The van der Waals surface area contributed by atoms with E-state index >= 15 is 0 Å². The molecule has 0 unspecified atom stereocenters. The van der Waals surface area contributed by atoms with E-state index in [1.54, 1.807) is 12.1 Å². The number of benzene rings is 2. The quantitative estimate of drug-likeness (QED) is 0.673. The first kappa shape index (κ1) is 17.6. The van der Waals surface area contributed by atoms with Crippen LogP contribution in [0.5, 0.6) is 5.75 Å². The molecule has 0 atom stereocenters. The van der Waals surface area contributed by atoms with Crippen molar-refractivity contribution in [3.8, 4) is 5.75 Å². The second-order valence-electron chi connectivity index (χ2n) is 4.97. The van der Waals surface area contributed by atoms with Crippen molar-refractivity contribution in [2.24, 2.45) is 0 Å². The Morgan fingerprint density at radius 2 is 2.09 bits per heavy atom. The van der Waals surface area contributed by atoms with E-state index in [-0.39, 0.29) is 10.6 Å². The van der Waals surface area contributed by atoms with Gasteiger partial charge in [-0.15, -0.1) is 0 Å². The van der Waals surface area contributed by atoms with Crippen molar-refractivity contribution >= 4 is 39.2 Å². The van der Waals surface area contributed by atoms with Crippen LogP contribution in [0, 0.1) is 0 Å². The van der Waals surface area contributed by atoms with Crippen LogP contribution in [0.2, 0.25) is 5.02 Å². The molecule has 23 heavy (non-hydrogen) atoms. The van der Waals surface area contributed by atoms with Gasteiger partial charge in [0, 0.05) is 12.2 Å². The molecule has 6 heteroatoms. The summed E-state index contributed by atoms with van der Waals surface area (Å²) >= 11 is 9.36. The zero-order valence-corrected chi connectivity index (χ0v) is 14.9. The summed E-state index contributed by atoms with van der Waals surface area (Å²) in [4.78, 5) is 11.1. The van der Waals surface area contributed by atoms with Gasteiger partial charge in [-0.25, -0.2) is 4.79 Å². The Labute approximate surface area is 148 Å². The molecule has 2 rings (SSSR count). The number of hydrogen-bond donors (Lipinski definition) is 2. The molecular formula is C17H17BrClNO3. The molecule has 0 amide bonds. The molecular weight excluding hydrogens is 382 g/mol. The lowest BCUT2D eigenvalue weighted by Crippen LogP contribution is -2.03. The summed E-state index contributed by atoms with van der Waals surface area (Å²) in [5, 5.41) is 12.5. The summed E-state index contributed by atoms with van der Waals surface area (Å²) in [6, 6.07) is 10.7. The average molecular weight is 399 g/mol. The van der Waals surface area contributed by atoms with E-state index in [9.17, 15) is 4.79 Å². The van der Waals surface area contributed by atoms with Crippen molar-refractivity contribution < 1.29 is 14.6 Å². The normalized spacial score (nSPS) is 10.4. The smallest absolute Gasteiger partial charge is 0.337 e. The Morgan fingerprint density at radius 3 is 2.74 bits per heavy atom. The highest BCUT2D eigenvalue weighted by Gasteiger charge is 2.09. The van der Waals surface area contributed by atoms with Gasteiger partial charge in [-0.3, -0.25) is 0 Å². The predicted molar refractivity (Wildman–Crippen MR) is 95.7 cm³/mol. The Kier molecular flexibility index (Phi) is 6.30. The van der Waals surface area contributed by atoms with Crippen molar-refractivity contribution in [3.63, 3.8) is 0 Å². The first-order chi connectivity index (χ1) is 11.0. The fraction of sp³-hybridized carbons (Fsp3) is 0.235. The van der Waals surface area contributed by atoms with Gasteiger partial charge in [0.25, 0.3) is 0 Å². The standard InChI is InChI=1S/C17H17BrClNO3/c1-2-7-23-16-6-3-11(8-14(16)18)10-20-12-4-5-15(19)13(9-12)17(21)22/h3-6,8-9,20H,2,7,10H2,1H3,(H,21,22). The average Bonchev–Trinajstić information content (AvgIpc) is 2.53. The number of aromatic carboxylic acids is 1. The molecule has 0 saturated heterocycles. The van der Waals surface area contributed by atoms with Crippen LogP contribution < -0.4 is 10.1 Å². The number of nitrogens with one attached hydrogen (secondary N) is 1. The van der Waals surface area contributed by atoms with Crippen LogP contribution >= 0.6 is 27.5 Å². The topological polar surface area (TPSA) is 58.6 Å². The van der Waals surface area contributed by atoms with E-state index in [2.05, 4.69) is 28.2 Å². The van der Waals surface area contributed by atoms with E-state index < -0.39 is 5.97 Å². The van der Waals surface area contributed by atoms with Gasteiger partial charge in [0.05, 0.1) is 21.7 Å². The number of hydrogen-bond acceptors (Lipinski definition) is 3. The molecule has 2 N–H and O–H groups in total. The Balaban J connectivity index is 2.05. The maximum Gasteiger partial charge on any atom is 0.337 e. The van der Waals surface area contributed by atoms with Gasteiger partial charge in [0.15, 0.2) is 0 Å². The predicted octanol–water partition coefficient (Wildman–Crippen LogP) is 5.20. The minimum Gasteiger partial charge on any atom is -0.492 e. The lowest BCUT2D eigenvalue weighted by molar-refractivity contribution is 0.0697. The van der Waals surface area contributed by atoms with E-state index in [1.165, 1.54) is 6.07 Å². The molecule has 0 spiro atoms. The number of halogens is 2. The van der Waals surface area contributed by atoms with Crippen LogP contribution in [-0.4, -0.2) is 17.7 Å². The first-order valence-electron chi connectivity index (χ1n) is 7.19. The summed E-state index contributed by atoms with van der Waals surface area (Å²) in [5.41, 5.74) is 1.84. The summed E-state index contributed by atoms with van der Waals surface area (Å²) in [5.74, 6) is -0.228. The summed E-state index contributed by atoms with van der Waals surface area (Å²) in [6.45, 7) is 3.30. The Hall–Kier alpha value is -1.72. The molecule has 0 heterocycles. The SMILES string of the molecule is CCCOc1ccc(CNc2ccc(Cl)c(C(=O)O)c2)cc1Br. The minimum absolute atomic E-state index is 0.0844. The molecule has 0 aromatic heterocycles. The lowest BCUT2D eigenvalue weighted by Gasteiger charge is -2.11. The number of carboxylic acids is 1. The fourth-order valence-electron chi connectivity index (χ4n) is 1.99. The Morgan fingerprint density at radius 1 is 1.30 bits per heavy atom. The summed E-state index contributed by atoms with van der Waals surface area (Å²) in [6.07, 6.45) is 0.957.